The number of benzene rings is 2. The van der Waals surface area contributed by atoms with E-state index in [0.29, 0.717) is 41.3 Å². The van der Waals surface area contributed by atoms with Gasteiger partial charge in [0.15, 0.2) is 17.0 Å². The number of hydrogen-bond donors (Lipinski definition) is 3. The number of hydrogen-bond acceptors (Lipinski definition) is 6. The summed E-state index contributed by atoms with van der Waals surface area (Å²) >= 11 is 0. The summed E-state index contributed by atoms with van der Waals surface area (Å²) in [5.41, 5.74) is 11.8. The monoisotopic (exact) mass is 443 g/mol. The molecule has 0 aliphatic carbocycles. The number of rotatable bonds is 4. The molecule has 0 saturated carbocycles. The number of aryl methyl sites for hydroxylation is 2. The summed E-state index contributed by atoms with van der Waals surface area (Å²) in [5.74, 6) is 0.958. The number of nitrogens with two attached hydrogens (primary N) is 1. The normalized spacial score (nSPS) is 11.2. The quantitative estimate of drug-likeness (QED) is 0.374. The Morgan fingerprint density at radius 3 is 2.38 bits per heavy atom. The van der Waals surface area contributed by atoms with Crippen LogP contribution in [0.25, 0.3) is 44.5 Å². The zero-order valence-corrected chi connectivity index (χ0v) is 17.9. The number of nitriles is 2. The van der Waals surface area contributed by atoms with Crippen LogP contribution in [0, 0.1) is 22.7 Å². The lowest BCUT2D eigenvalue weighted by Crippen LogP contribution is -2.07. The first-order chi connectivity index (χ1) is 16.7. The first-order valence-electron chi connectivity index (χ1n) is 10.7. The van der Waals surface area contributed by atoms with Gasteiger partial charge in [-0.2, -0.15) is 10.5 Å². The van der Waals surface area contributed by atoms with Crippen molar-refractivity contribution in [2.45, 2.75) is 13.0 Å². The second-order valence-corrected chi connectivity index (χ2v) is 7.96. The van der Waals surface area contributed by atoms with E-state index in [-0.39, 0.29) is 11.4 Å². The number of anilines is 1. The summed E-state index contributed by atoms with van der Waals surface area (Å²) in [6.45, 7) is 0.501. The van der Waals surface area contributed by atoms with E-state index in [2.05, 4.69) is 37.1 Å². The van der Waals surface area contributed by atoms with Gasteiger partial charge in [-0.1, -0.05) is 30.3 Å². The fourth-order valence-electron chi connectivity index (χ4n) is 4.34. The third-order valence-electron chi connectivity index (χ3n) is 5.95. The Morgan fingerprint density at radius 1 is 0.882 bits per heavy atom. The van der Waals surface area contributed by atoms with E-state index in [9.17, 15) is 10.5 Å². The highest BCUT2D eigenvalue weighted by atomic mass is 15.1. The number of imidazole rings is 1. The molecule has 4 N–H and O–H groups in total. The first-order valence-corrected chi connectivity index (χ1v) is 10.7. The fraction of sp³-hybridized carbons (Fsp3) is 0.0800. The minimum absolute atomic E-state index is 0.0319. The van der Waals surface area contributed by atoms with E-state index >= 15 is 0 Å². The second kappa shape index (κ2) is 7.47. The van der Waals surface area contributed by atoms with Gasteiger partial charge in [0.2, 0.25) is 0 Å². The van der Waals surface area contributed by atoms with E-state index in [0.717, 1.165) is 27.6 Å². The van der Waals surface area contributed by atoms with Crippen molar-refractivity contribution in [1.29, 1.82) is 10.5 Å². The number of nitrogens with zero attached hydrogens (tertiary/aromatic N) is 6. The summed E-state index contributed by atoms with van der Waals surface area (Å²) in [4.78, 5) is 20.3. The number of para-hydroxylation sites is 3. The third kappa shape index (κ3) is 2.96. The van der Waals surface area contributed by atoms with E-state index in [1.165, 1.54) is 0 Å². The Bertz CT molecular complexity index is 1740. The molecule has 0 fully saturated rings. The zero-order valence-electron chi connectivity index (χ0n) is 17.9. The molecule has 0 spiro atoms. The molecule has 6 rings (SSSR count). The molecule has 4 aromatic heterocycles. The minimum atomic E-state index is -0.0415. The Morgan fingerprint density at radius 2 is 1.62 bits per heavy atom. The van der Waals surface area contributed by atoms with Gasteiger partial charge in [-0.3, -0.25) is 0 Å². The van der Waals surface area contributed by atoms with Gasteiger partial charge in [-0.05, 0) is 29.7 Å². The summed E-state index contributed by atoms with van der Waals surface area (Å²) in [5, 5.41) is 20.2. The Hall–Kier alpha value is -5.15. The van der Waals surface area contributed by atoms with E-state index < -0.39 is 0 Å². The summed E-state index contributed by atoms with van der Waals surface area (Å²) in [6.07, 6.45) is 0.659. The molecule has 162 valence electrons. The maximum Gasteiger partial charge on any atom is 0.179 e. The first kappa shape index (κ1) is 19.5. The van der Waals surface area contributed by atoms with E-state index in [4.69, 9.17) is 5.73 Å². The molecule has 9 nitrogen and oxygen atoms in total. The van der Waals surface area contributed by atoms with Crippen LogP contribution in [-0.4, -0.2) is 29.5 Å². The van der Waals surface area contributed by atoms with Crippen LogP contribution >= 0.6 is 0 Å². The van der Waals surface area contributed by atoms with E-state index in [1.54, 1.807) is 0 Å². The highest BCUT2D eigenvalue weighted by molar-refractivity contribution is 5.98. The SMILES string of the molecule is N#Cc1nc2c(-c3nc4ccccc4[nH]3)c(N)n(CCc3cc4ccccc4[nH]3)c2nc1C#N. The zero-order chi connectivity index (χ0) is 23.2. The van der Waals surface area contributed by atoms with Gasteiger partial charge in [0.1, 0.15) is 29.3 Å². The van der Waals surface area contributed by atoms with E-state index in [1.807, 2.05) is 59.2 Å². The topological polar surface area (TPSA) is 149 Å². The van der Waals surface area contributed by atoms with Crippen LogP contribution < -0.4 is 5.73 Å². The molecule has 0 aliphatic heterocycles. The van der Waals surface area contributed by atoms with Crippen molar-refractivity contribution in [3.05, 3.63) is 71.7 Å². The number of fused-ring (bicyclic) bond motifs is 3. The molecule has 4 heterocycles. The molecule has 9 heteroatoms. The molecule has 34 heavy (non-hydrogen) atoms. The fourth-order valence-corrected chi connectivity index (χ4v) is 4.34. The number of aromatic amines is 2. The van der Waals surface area contributed by atoms with Crippen LogP contribution in [0.15, 0.2) is 54.6 Å². The Labute approximate surface area is 193 Å². The van der Waals surface area contributed by atoms with Gasteiger partial charge in [0.05, 0.1) is 16.6 Å². The lowest BCUT2D eigenvalue weighted by atomic mass is 10.2. The predicted octanol–water partition coefficient (Wildman–Crippen LogP) is 4.02. The highest BCUT2D eigenvalue weighted by Crippen LogP contribution is 2.35. The molecule has 0 bridgehead atoms. The lowest BCUT2D eigenvalue weighted by molar-refractivity contribution is 0.715. The predicted molar refractivity (Wildman–Crippen MR) is 128 cm³/mol. The maximum absolute atomic E-state index is 9.51. The molecule has 0 saturated heterocycles. The van der Waals surface area contributed by atoms with Gasteiger partial charge >= 0.3 is 0 Å². The molecule has 2 aromatic carbocycles. The van der Waals surface area contributed by atoms with Crippen molar-refractivity contribution in [3.8, 4) is 23.5 Å². The average molecular weight is 443 g/mol. The van der Waals surface area contributed by atoms with Crippen molar-refractivity contribution >= 4 is 38.9 Å². The highest BCUT2D eigenvalue weighted by Gasteiger charge is 2.24. The van der Waals surface area contributed by atoms with Crippen molar-refractivity contribution in [3.63, 3.8) is 0 Å². The Balaban J connectivity index is 1.52. The van der Waals surface area contributed by atoms with Crippen LogP contribution in [0.5, 0.6) is 0 Å². The Kier molecular flexibility index (Phi) is 4.29. The molecule has 0 atom stereocenters. The van der Waals surface area contributed by atoms with Gasteiger partial charge in [-0.25, -0.2) is 15.0 Å². The van der Waals surface area contributed by atoms with Crippen LogP contribution in [0.1, 0.15) is 17.1 Å². The number of aromatic nitrogens is 6. The average Bonchev–Trinajstić information content (AvgIpc) is 3.54. The van der Waals surface area contributed by atoms with Crippen LogP contribution in [0.3, 0.4) is 0 Å². The van der Waals surface area contributed by atoms with Gasteiger partial charge < -0.3 is 20.3 Å². The second-order valence-electron chi connectivity index (χ2n) is 7.96. The number of nitrogen functional groups attached to an aromatic ring is 1. The molecular weight excluding hydrogens is 426 g/mol. The number of H-pyrrole nitrogens is 2. The van der Waals surface area contributed by atoms with Crippen molar-refractivity contribution in [1.82, 2.24) is 29.5 Å². The van der Waals surface area contributed by atoms with Crippen LogP contribution in [-0.2, 0) is 13.0 Å². The molecular formula is C25H17N9. The van der Waals surface area contributed by atoms with Gasteiger partial charge in [-0.15, -0.1) is 0 Å². The van der Waals surface area contributed by atoms with Crippen LogP contribution in [0.4, 0.5) is 5.82 Å². The van der Waals surface area contributed by atoms with Gasteiger partial charge in [0.25, 0.3) is 0 Å². The summed E-state index contributed by atoms with van der Waals surface area (Å²) < 4.78 is 1.83. The minimum Gasteiger partial charge on any atom is -0.384 e. The van der Waals surface area contributed by atoms with Crippen LogP contribution in [0.2, 0.25) is 0 Å². The summed E-state index contributed by atoms with van der Waals surface area (Å²) in [7, 11) is 0. The van der Waals surface area contributed by atoms with Crippen molar-refractivity contribution < 1.29 is 0 Å². The lowest BCUT2D eigenvalue weighted by Gasteiger charge is -2.07. The largest absolute Gasteiger partial charge is 0.384 e. The third-order valence-corrected chi connectivity index (χ3v) is 5.95. The molecule has 0 amide bonds. The maximum atomic E-state index is 9.51. The molecule has 0 unspecified atom stereocenters. The smallest absolute Gasteiger partial charge is 0.179 e. The number of nitrogens with one attached hydrogen (secondary N) is 2. The van der Waals surface area contributed by atoms with Crippen molar-refractivity contribution in [2.24, 2.45) is 0 Å². The van der Waals surface area contributed by atoms with Gasteiger partial charge in [0, 0.05) is 24.2 Å². The van der Waals surface area contributed by atoms with Crippen molar-refractivity contribution in [2.75, 3.05) is 5.73 Å². The molecule has 0 aliphatic rings. The summed E-state index contributed by atoms with van der Waals surface area (Å²) in [6, 6.07) is 21.8. The standard InChI is InChI=1S/C25H17N9/c26-12-19-20(13-27)33-25-22(30-19)21(24-31-17-7-3-4-8-18(17)32-24)23(28)34(25)10-9-15-11-14-5-1-2-6-16(14)29-15/h1-8,11,29H,9-10,28H2,(H,31,32). The molecule has 6 aromatic rings. The molecule has 0 radical (unpaired) electrons.